The molecule has 2 fully saturated rings. The van der Waals surface area contributed by atoms with Crippen LogP contribution in [-0.4, -0.2) is 49.1 Å². The number of rotatable bonds is 4. The summed E-state index contributed by atoms with van der Waals surface area (Å²) in [6.07, 6.45) is 5.11. The van der Waals surface area contributed by atoms with Gasteiger partial charge in [0.15, 0.2) is 0 Å². The number of hydrogen-bond donors (Lipinski definition) is 0. The highest BCUT2D eigenvalue weighted by Crippen LogP contribution is 2.26. The molecule has 2 rings (SSSR count). The van der Waals surface area contributed by atoms with Crippen molar-refractivity contribution in [3.63, 3.8) is 0 Å². The molecular weight excluding hydrogens is 284 g/mol. The third-order valence-electron chi connectivity index (χ3n) is 4.27. The van der Waals surface area contributed by atoms with Crippen LogP contribution >= 0.6 is 11.6 Å². The lowest BCUT2D eigenvalue weighted by atomic mass is 9.97. The van der Waals surface area contributed by atoms with Gasteiger partial charge < -0.3 is 0 Å². The van der Waals surface area contributed by atoms with Gasteiger partial charge in [0.05, 0.1) is 0 Å². The van der Waals surface area contributed by atoms with Crippen LogP contribution in [0.5, 0.6) is 0 Å². The fourth-order valence-electron chi connectivity index (χ4n) is 3.15. The zero-order valence-corrected chi connectivity index (χ0v) is 13.3. The first-order valence-corrected chi connectivity index (χ1v) is 9.28. The molecule has 19 heavy (non-hydrogen) atoms. The molecule has 0 radical (unpaired) electrons. The van der Waals surface area contributed by atoms with Crippen LogP contribution in [0.15, 0.2) is 0 Å². The average Bonchev–Trinajstić information content (AvgIpc) is 2.39. The Morgan fingerprint density at radius 1 is 1.11 bits per heavy atom. The van der Waals surface area contributed by atoms with Crippen LogP contribution in [0, 0.1) is 11.8 Å². The first-order chi connectivity index (χ1) is 9.04. The second-order valence-corrected chi connectivity index (χ2v) is 8.26. The summed E-state index contributed by atoms with van der Waals surface area (Å²) >= 11 is 5.79. The van der Waals surface area contributed by atoms with Crippen molar-refractivity contribution in [3.05, 3.63) is 0 Å². The second-order valence-electron chi connectivity index (χ2n) is 5.96. The van der Waals surface area contributed by atoms with E-state index in [9.17, 15) is 8.42 Å². The lowest BCUT2D eigenvalue weighted by Crippen LogP contribution is -2.50. The van der Waals surface area contributed by atoms with Crippen LogP contribution in [0.3, 0.4) is 0 Å². The van der Waals surface area contributed by atoms with Crippen LogP contribution < -0.4 is 0 Å². The standard InChI is InChI=1S/C13H25ClN2O2S/c1-12-4-2-8-15(10-12)19(17,18)16-9-3-5-13(11-16)6-7-14/h12-13H,2-11H2,1H3. The fourth-order valence-corrected chi connectivity index (χ4v) is 5.34. The normalized spacial score (nSPS) is 31.5. The van der Waals surface area contributed by atoms with E-state index in [0.29, 0.717) is 43.9 Å². The molecule has 0 N–H and O–H groups in total. The maximum Gasteiger partial charge on any atom is 0.281 e. The highest BCUT2D eigenvalue weighted by molar-refractivity contribution is 7.86. The van der Waals surface area contributed by atoms with Crippen molar-refractivity contribution in [3.8, 4) is 0 Å². The van der Waals surface area contributed by atoms with Crippen molar-refractivity contribution in [2.45, 2.75) is 39.0 Å². The number of piperidine rings is 2. The molecule has 2 aliphatic rings. The second kappa shape index (κ2) is 6.74. The largest absolute Gasteiger partial charge is 0.281 e. The molecule has 0 amide bonds. The van der Waals surface area contributed by atoms with Crippen molar-refractivity contribution < 1.29 is 8.42 Å². The molecule has 0 aromatic rings. The number of hydrogen-bond acceptors (Lipinski definition) is 2. The Hall–Kier alpha value is 0.160. The van der Waals surface area contributed by atoms with Crippen LogP contribution in [0.1, 0.15) is 39.0 Å². The van der Waals surface area contributed by atoms with Gasteiger partial charge in [-0.1, -0.05) is 6.92 Å². The van der Waals surface area contributed by atoms with E-state index in [1.807, 2.05) is 0 Å². The molecule has 6 heteroatoms. The van der Waals surface area contributed by atoms with Crippen LogP contribution in [-0.2, 0) is 10.2 Å². The van der Waals surface area contributed by atoms with Crippen molar-refractivity contribution >= 4 is 21.8 Å². The molecule has 2 saturated heterocycles. The molecule has 0 bridgehead atoms. The lowest BCUT2D eigenvalue weighted by molar-refractivity contribution is 0.220. The summed E-state index contributed by atoms with van der Waals surface area (Å²) in [7, 11) is -3.25. The van der Waals surface area contributed by atoms with Gasteiger partial charge in [-0.2, -0.15) is 17.0 Å². The Bertz CT molecular complexity index is 386. The lowest BCUT2D eigenvalue weighted by Gasteiger charge is -2.38. The van der Waals surface area contributed by atoms with E-state index >= 15 is 0 Å². The first kappa shape index (κ1) is 15.5. The molecule has 2 aliphatic heterocycles. The first-order valence-electron chi connectivity index (χ1n) is 7.35. The van der Waals surface area contributed by atoms with Gasteiger partial charge in [-0.05, 0) is 43.9 Å². The van der Waals surface area contributed by atoms with Crippen molar-refractivity contribution in [1.82, 2.24) is 8.61 Å². The van der Waals surface area contributed by atoms with Gasteiger partial charge >= 0.3 is 0 Å². The van der Waals surface area contributed by atoms with E-state index in [1.54, 1.807) is 8.61 Å². The average molecular weight is 309 g/mol. The summed E-state index contributed by atoms with van der Waals surface area (Å²) in [6.45, 7) is 4.82. The Morgan fingerprint density at radius 2 is 1.74 bits per heavy atom. The Kier molecular flexibility index (Phi) is 5.52. The van der Waals surface area contributed by atoms with Gasteiger partial charge in [0.2, 0.25) is 0 Å². The van der Waals surface area contributed by atoms with Gasteiger partial charge in [0.1, 0.15) is 0 Å². The predicted molar refractivity (Wildman–Crippen MR) is 78.5 cm³/mol. The van der Waals surface area contributed by atoms with E-state index in [2.05, 4.69) is 6.92 Å². The van der Waals surface area contributed by atoms with E-state index in [1.165, 1.54) is 0 Å². The van der Waals surface area contributed by atoms with Crippen molar-refractivity contribution in [2.24, 2.45) is 11.8 Å². The van der Waals surface area contributed by atoms with E-state index in [4.69, 9.17) is 11.6 Å². The third kappa shape index (κ3) is 3.84. The van der Waals surface area contributed by atoms with Gasteiger partial charge in [0, 0.05) is 32.1 Å². The molecule has 0 aliphatic carbocycles. The quantitative estimate of drug-likeness (QED) is 0.748. The van der Waals surface area contributed by atoms with Gasteiger partial charge in [0.25, 0.3) is 10.2 Å². The molecule has 0 saturated carbocycles. The van der Waals surface area contributed by atoms with Crippen LogP contribution in [0.4, 0.5) is 0 Å². The topological polar surface area (TPSA) is 40.6 Å². The van der Waals surface area contributed by atoms with E-state index in [0.717, 1.165) is 32.1 Å². The zero-order valence-electron chi connectivity index (χ0n) is 11.7. The number of alkyl halides is 1. The van der Waals surface area contributed by atoms with Crippen LogP contribution in [0.2, 0.25) is 0 Å². The monoisotopic (exact) mass is 308 g/mol. The van der Waals surface area contributed by atoms with E-state index < -0.39 is 10.2 Å². The van der Waals surface area contributed by atoms with E-state index in [-0.39, 0.29) is 0 Å². The zero-order chi connectivity index (χ0) is 13.9. The minimum Gasteiger partial charge on any atom is -0.195 e. The highest BCUT2D eigenvalue weighted by atomic mass is 35.5. The predicted octanol–water partition coefficient (Wildman–Crippen LogP) is 2.30. The van der Waals surface area contributed by atoms with Crippen molar-refractivity contribution in [1.29, 1.82) is 0 Å². The molecule has 4 nitrogen and oxygen atoms in total. The summed E-state index contributed by atoms with van der Waals surface area (Å²) in [4.78, 5) is 0. The summed E-state index contributed by atoms with van der Waals surface area (Å²) in [5.41, 5.74) is 0. The molecule has 2 atom stereocenters. The Morgan fingerprint density at radius 3 is 2.37 bits per heavy atom. The van der Waals surface area contributed by atoms with Gasteiger partial charge in [-0.15, -0.1) is 11.6 Å². The minimum atomic E-state index is -3.25. The Balaban J connectivity index is 2.02. The molecule has 0 spiro atoms. The summed E-state index contributed by atoms with van der Waals surface area (Å²) in [6, 6.07) is 0. The summed E-state index contributed by atoms with van der Waals surface area (Å²) in [5, 5.41) is 0. The Labute approximate surface area is 122 Å². The number of nitrogens with zero attached hydrogens (tertiary/aromatic N) is 2. The van der Waals surface area contributed by atoms with Gasteiger partial charge in [-0.25, -0.2) is 0 Å². The minimum absolute atomic E-state index is 0.434. The van der Waals surface area contributed by atoms with Crippen molar-refractivity contribution in [2.75, 3.05) is 32.1 Å². The maximum atomic E-state index is 12.7. The molecule has 0 aromatic heterocycles. The third-order valence-corrected chi connectivity index (χ3v) is 6.46. The molecular formula is C13H25ClN2O2S. The maximum absolute atomic E-state index is 12.7. The smallest absolute Gasteiger partial charge is 0.195 e. The van der Waals surface area contributed by atoms with Crippen LogP contribution in [0.25, 0.3) is 0 Å². The summed E-state index contributed by atoms with van der Waals surface area (Å²) < 4.78 is 28.7. The highest BCUT2D eigenvalue weighted by Gasteiger charge is 2.35. The SMILES string of the molecule is CC1CCCN(S(=O)(=O)N2CCCC(CCCl)C2)C1. The molecule has 112 valence electrons. The molecule has 2 unspecified atom stereocenters. The summed E-state index contributed by atoms with van der Waals surface area (Å²) in [5.74, 6) is 1.54. The molecule has 2 heterocycles. The van der Waals surface area contributed by atoms with Gasteiger partial charge in [-0.3, -0.25) is 0 Å². The number of halogens is 1. The fraction of sp³-hybridized carbons (Fsp3) is 1.00. The molecule has 0 aromatic carbocycles.